The van der Waals surface area contributed by atoms with E-state index in [4.69, 9.17) is 4.74 Å². The normalized spacial score (nSPS) is 35.9. The Morgan fingerprint density at radius 2 is 2.62 bits per heavy atom. The van der Waals surface area contributed by atoms with Gasteiger partial charge in [-0.25, -0.2) is 4.98 Å². The lowest BCUT2D eigenvalue weighted by atomic mass is 9.92. The van der Waals surface area contributed by atoms with Crippen LogP contribution in [-0.2, 0) is 4.74 Å². The number of rotatable bonds is 1. The highest BCUT2D eigenvalue weighted by Gasteiger charge is 2.48. The molecule has 3 heterocycles. The fourth-order valence-electron chi connectivity index (χ4n) is 2.76. The van der Waals surface area contributed by atoms with Gasteiger partial charge in [0.25, 0.3) is 0 Å². The van der Waals surface area contributed by atoms with E-state index < -0.39 is 0 Å². The Bertz CT molecular complexity index is 352. The van der Waals surface area contributed by atoms with Crippen molar-refractivity contribution in [2.45, 2.75) is 18.1 Å². The van der Waals surface area contributed by atoms with Crippen LogP contribution in [0.5, 0.6) is 0 Å². The summed E-state index contributed by atoms with van der Waals surface area (Å²) >= 11 is 1.72. The third-order valence-electron chi connectivity index (χ3n) is 3.52. The number of likely N-dealkylation sites (tertiary alicyclic amines) is 1. The SMILES string of the molecule is CN1CCC2(C1)OCCNC2c1nccs1. The van der Waals surface area contributed by atoms with Crippen LogP contribution in [0.3, 0.4) is 0 Å². The van der Waals surface area contributed by atoms with Crippen LogP contribution in [0.4, 0.5) is 0 Å². The van der Waals surface area contributed by atoms with Crippen molar-refractivity contribution in [3.05, 3.63) is 16.6 Å². The van der Waals surface area contributed by atoms with E-state index >= 15 is 0 Å². The number of morpholine rings is 1. The van der Waals surface area contributed by atoms with E-state index in [1.54, 1.807) is 11.3 Å². The summed E-state index contributed by atoms with van der Waals surface area (Å²) in [6, 6.07) is 0.270. The molecule has 0 amide bonds. The number of hydrogen-bond donors (Lipinski definition) is 1. The Hall–Kier alpha value is -0.490. The van der Waals surface area contributed by atoms with Gasteiger partial charge in [-0.05, 0) is 13.5 Å². The molecule has 2 atom stereocenters. The molecule has 1 N–H and O–H groups in total. The summed E-state index contributed by atoms with van der Waals surface area (Å²) in [6.07, 6.45) is 2.98. The van der Waals surface area contributed by atoms with Crippen molar-refractivity contribution in [2.75, 3.05) is 33.3 Å². The second-order valence-electron chi connectivity index (χ2n) is 4.66. The third kappa shape index (κ3) is 1.68. The van der Waals surface area contributed by atoms with Gasteiger partial charge in [0.15, 0.2) is 0 Å². The number of nitrogens with zero attached hydrogens (tertiary/aromatic N) is 2. The molecule has 2 aliphatic rings. The van der Waals surface area contributed by atoms with Crippen LogP contribution in [0.25, 0.3) is 0 Å². The Kier molecular flexibility index (Phi) is 2.71. The largest absolute Gasteiger partial charge is 0.370 e. The molecule has 1 spiro atoms. The molecule has 2 fully saturated rings. The van der Waals surface area contributed by atoms with Gasteiger partial charge >= 0.3 is 0 Å². The maximum absolute atomic E-state index is 6.10. The molecule has 2 unspecified atom stereocenters. The highest BCUT2D eigenvalue weighted by Crippen LogP contribution is 2.39. The zero-order chi connectivity index (χ0) is 11.0. The average Bonchev–Trinajstić information content (AvgIpc) is 2.90. The summed E-state index contributed by atoms with van der Waals surface area (Å²) < 4.78 is 6.10. The molecule has 3 rings (SSSR count). The fraction of sp³-hybridized carbons (Fsp3) is 0.727. The topological polar surface area (TPSA) is 37.4 Å². The lowest BCUT2D eigenvalue weighted by Gasteiger charge is -2.40. The molecule has 5 heteroatoms. The monoisotopic (exact) mass is 239 g/mol. The van der Waals surface area contributed by atoms with Gasteiger partial charge in [0, 0.05) is 31.2 Å². The van der Waals surface area contributed by atoms with Crippen molar-refractivity contribution >= 4 is 11.3 Å². The number of thiazole rings is 1. The predicted molar refractivity (Wildman–Crippen MR) is 63.7 cm³/mol. The van der Waals surface area contributed by atoms with Gasteiger partial charge in [-0.3, -0.25) is 0 Å². The summed E-state index contributed by atoms with van der Waals surface area (Å²) in [5.41, 5.74) is -0.0507. The number of aromatic nitrogens is 1. The lowest BCUT2D eigenvalue weighted by Crippen LogP contribution is -2.53. The summed E-state index contributed by atoms with van der Waals surface area (Å²) in [5.74, 6) is 0. The highest BCUT2D eigenvalue weighted by atomic mass is 32.1. The van der Waals surface area contributed by atoms with Crippen LogP contribution in [0, 0.1) is 0 Å². The van der Waals surface area contributed by atoms with Gasteiger partial charge in [0.05, 0.1) is 12.6 Å². The second-order valence-corrected chi connectivity index (χ2v) is 5.58. The van der Waals surface area contributed by atoms with Crippen LogP contribution < -0.4 is 5.32 Å². The minimum absolute atomic E-state index is 0.0507. The van der Waals surface area contributed by atoms with Crippen LogP contribution in [0.1, 0.15) is 17.5 Å². The Morgan fingerprint density at radius 1 is 1.69 bits per heavy atom. The minimum atomic E-state index is -0.0507. The van der Waals surface area contributed by atoms with E-state index in [1.807, 2.05) is 11.6 Å². The van der Waals surface area contributed by atoms with Crippen molar-refractivity contribution in [2.24, 2.45) is 0 Å². The number of likely N-dealkylation sites (N-methyl/N-ethyl adjacent to an activating group) is 1. The van der Waals surface area contributed by atoms with Crippen LogP contribution in [0.2, 0.25) is 0 Å². The molecular formula is C11H17N3OS. The summed E-state index contributed by atoms with van der Waals surface area (Å²) in [6.45, 7) is 3.86. The van der Waals surface area contributed by atoms with E-state index in [1.165, 1.54) is 0 Å². The van der Waals surface area contributed by atoms with Crippen molar-refractivity contribution < 1.29 is 4.74 Å². The van der Waals surface area contributed by atoms with Gasteiger partial charge in [0.2, 0.25) is 0 Å². The zero-order valence-electron chi connectivity index (χ0n) is 9.48. The minimum Gasteiger partial charge on any atom is -0.370 e. The van der Waals surface area contributed by atoms with E-state index in [2.05, 4.69) is 22.2 Å². The molecule has 0 saturated carbocycles. The molecule has 0 aromatic carbocycles. The van der Waals surface area contributed by atoms with Crippen LogP contribution >= 0.6 is 11.3 Å². The first kappa shape index (κ1) is 10.7. The maximum Gasteiger partial charge on any atom is 0.113 e. The lowest BCUT2D eigenvalue weighted by molar-refractivity contribution is -0.0889. The zero-order valence-corrected chi connectivity index (χ0v) is 10.3. The predicted octanol–water partition coefficient (Wildman–Crippen LogP) is 0.878. The van der Waals surface area contributed by atoms with Crippen molar-refractivity contribution in [3.8, 4) is 0 Å². The van der Waals surface area contributed by atoms with Gasteiger partial charge in [-0.15, -0.1) is 11.3 Å². The Morgan fingerprint density at radius 3 is 3.31 bits per heavy atom. The summed E-state index contributed by atoms with van der Waals surface area (Å²) in [7, 11) is 2.16. The number of ether oxygens (including phenoxy) is 1. The molecule has 4 nitrogen and oxygen atoms in total. The first-order valence-electron chi connectivity index (χ1n) is 5.75. The Labute approximate surface area is 99.6 Å². The molecule has 2 saturated heterocycles. The van der Waals surface area contributed by atoms with E-state index in [9.17, 15) is 0 Å². The van der Waals surface area contributed by atoms with Crippen molar-refractivity contribution in [1.29, 1.82) is 0 Å². The molecule has 2 aliphatic heterocycles. The van der Waals surface area contributed by atoms with E-state index in [0.29, 0.717) is 0 Å². The summed E-state index contributed by atoms with van der Waals surface area (Å²) in [5, 5.41) is 6.77. The van der Waals surface area contributed by atoms with Crippen LogP contribution in [-0.4, -0.2) is 48.8 Å². The first-order valence-corrected chi connectivity index (χ1v) is 6.63. The summed E-state index contributed by atoms with van der Waals surface area (Å²) in [4.78, 5) is 6.78. The van der Waals surface area contributed by atoms with E-state index in [0.717, 1.165) is 37.7 Å². The average molecular weight is 239 g/mol. The Balaban J connectivity index is 1.89. The molecule has 1 aromatic rings. The molecule has 0 bridgehead atoms. The number of nitrogens with one attached hydrogen (secondary N) is 1. The van der Waals surface area contributed by atoms with Gasteiger partial charge in [0.1, 0.15) is 10.6 Å². The standard InChI is InChI=1S/C11H17N3OS/c1-14-5-2-11(8-14)9(12-3-6-15-11)10-13-4-7-16-10/h4,7,9,12H,2-3,5-6,8H2,1H3. The molecular weight excluding hydrogens is 222 g/mol. The van der Waals surface area contributed by atoms with Gasteiger partial charge in [-0.2, -0.15) is 0 Å². The second kappa shape index (κ2) is 4.07. The maximum atomic E-state index is 6.10. The van der Waals surface area contributed by atoms with Gasteiger partial charge in [-0.1, -0.05) is 0 Å². The fourth-order valence-corrected chi connectivity index (χ4v) is 3.58. The molecule has 16 heavy (non-hydrogen) atoms. The third-order valence-corrected chi connectivity index (χ3v) is 4.36. The van der Waals surface area contributed by atoms with Gasteiger partial charge < -0.3 is 15.0 Å². The highest BCUT2D eigenvalue weighted by molar-refractivity contribution is 7.09. The molecule has 88 valence electrons. The molecule has 0 radical (unpaired) electrons. The number of hydrogen-bond acceptors (Lipinski definition) is 5. The molecule has 1 aromatic heterocycles. The first-order chi connectivity index (χ1) is 7.80. The van der Waals surface area contributed by atoms with Crippen molar-refractivity contribution in [3.63, 3.8) is 0 Å². The quantitative estimate of drug-likeness (QED) is 0.789. The molecule has 0 aliphatic carbocycles. The van der Waals surface area contributed by atoms with E-state index in [-0.39, 0.29) is 11.6 Å². The smallest absolute Gasteiger partial charge is 0.113 e. The van der Waals surface area contributed by atoms with Crippen LogP contribution in [0.15, 0.2) is 11.6 Å². The van der Waals surface area contributed by atoms with Crippen molar-refractivity contribution in [1.82, 2.24) is 15.2 Å².